The van der Waals surface area contributed by atoms with Gasteiger partial charge in [0.15, 0.2) is 0 Å². The van der Waals surface area contributed by atoms with Crippen molar-refractivity contribution in [3.63, 3.8) is 0 Å². The summed E-state index contributed by atoms with van der Waals surface area (Å²) in [5.41, 5.74) is 8.64. The van der Waals surface area contributed by atoms with Crippen LogP contribution in [-0.2, 0) is 4.79 Å². The minimum atomic E-state index is -0.981. The van der Waals surface area contributed by atoms with Crippen LogP contribution < -0.4 is 27.1 Å². The summed E-state index contributed by atoms with van der Waals surface area (Å²) in [4.78, 5) is 28.7. The Balaban J connectivity index is 1.61. The number of hydrogen-bond acceptors (Lipinski definition) is 8. The second-order valence-electron chi connectivity index (χ2n) is 8.12. The lowest BCUT2D eigenvalue weighted by atomic mass is 9.88. The van der Waals surface area contributed by atoms with Gasteiger partial charge in [0.2, 0.25) is 5.11 Å². The quantitative estimate of drug-likeness (QED) is 0.0942. The molecule has 11 nitrogen and oxygen atoms in total. The number of aliphatic imine (C=N–C) groups is 1. The van der Waals surface area contributed by atoms with Crippen molar-refractivity contribution in [3.8, 4) is 0 Å². The maximum Gasteiger partial charge on any atom is 0.335 e. The molecule has 192 valence electrons. The molecule has 2 aliphatic rings. The number of benzene rings is 3. The zero-order valence-electron chi connectivity index (χ0n) is 19.2. The highest BCUT2D eigenvalue weighted by atomic mass is 127. The van der Waals surface area contributed by atoms with E-state index in [1.165, 1.54) is 0 Å². The van der Waals surface area contributed by atoms with Crippen molar-refractivity contribution in [1.82, 2.24) is 21.4 Å². The van der Waals surface area contributed by atoms with Gasteiger partial charge in [0.25, 0.3) is 5.96 Å². The molecule has 0 saturated heterocycles. The van der Waals surface area contributed by atoms with Gasteiger partial charge in [-0.25, -0.2) is 20.6 Å². The number of nitrogens with one attached hydrogen (secondary N) is 3. The molecule has 0 bridgehead atoms. The fourth-order valence-corrected chi connectivity index (χ4v) is 4.80. The van der Waals surface area contributed by atoms with Crippen LogP contribution in [0.5, 0.6) is 0 Å². The number of nitrogens with zero attached hydrogens (tertiary/aromatic N) is 4. The van der Waals surface area contributed by atoms with Crippen LogP contribution in [0.4, 0.5) is 10.5 Å². The largest absolute Gasteiger partial charge is 0.481 e. The van der Waals surface area contributed by atoms with Gasteiger partial charge in [-0.05, 0) is 82.3 Å². The second-order valence-corrected chi connectivity index (χ2v) is 10.2. The van der Waals surface area contributed by atoms with Gasteiger partial charge in [-0.2, -0.15) is 0 Å². The van der Waals surface area contributed by atoms with Gasteiger partial charge >= 0.3 is 12.0 Å². The van der Waals surface area contributed by atoms with E-state index >= 15 is 0 Å². The van der Waals surface area contributed by atoms with E-state index in [1.54, 1.807) is 41.4 Å². The number of hydrazine groups is 3. The van der Waals surface area contributed by atoms with Gasteiger partial charge in [-0.15, -0.1) is 15.8 Å². The summed E-state index contributed by atoms with van der Waals surface area (Å²) in [6, 6.07) is 19.1. The number of fused-ring (bicyclic) bond motifs is 3. The number of rotatable bonds is 4. The number of nitrogens with two attached hydrogens (primary N) is 1. The van der Waals surface area contributed by atoms with Crippen LogP contribution >= 0.6 is 46.4 Å². The molecule has 6 N–H and O–H groups in total. The lowest BCUT2D eigenvalue weighted by Crippen LogP contribution is -2.53. The van der Waals surface area contributed by atoms with E-state index < -0.39 is 17.9 Å². The molecular formula is C24H18ClIN8O3S. The number of carboxylic acids is 1. The number of halogens is 2. The molecule has 0 saturated carbocycles. The third kappa shape index (κ3) is 5.06. The van der Waals surface area contributed by atoms with Crippen LogP contribution in [0.15, 0.2) is 76.8 Å². The molecule has 0 aliphatic carbocycles. The highest BCUT2D eigenvalue weighted by Gasteiger charge is 2.35. The summed E-state index contributed by atoms with van der Waals surface area (Å²) in [5.74, 6) is 3.48. The lowest BCUT2D eigenvalue weighted by molar-refractivity contribution is -0.137. The van der Waals surface area contributed by atoms with Gasteiger partial charge in [-0.3, -0.25) is 15.5 Å². The number of hydrazone groups is 1. The molecule has 0 fully saturated rings. The van der Waals surface area contributed by atoms with E-state index in [-0.39, 0.29) is 11.1 Å². The number of urea groups is 1. The minimum Gasteiger partial charge on any atom is -0.481 e. The molecule has 2 aliphatic heterocycles. The Labute approximate surface area is 240 Å². The Morgan fingerprint density at radius 1 is 1.11 bits per heavy atom. The van der Waals surface area contributed by atoms with Crippen molar-refractivity contribution >= 4 is 80.9 Å². The van der Waals surface area contributed by atoms with Crippen molar-refractivity contribution in [2.24, 2.45) is 15.9 Å². The maximum absolute atomic E-state index is 12.4. The molecular weight excluding hydrogens is 643 g/mol. The molecule has 1 atom stereocenters. The Hall–Kier alpha value is -3.63. The van der Waals surface area contributed by atoms with E-state index in [9.17, 15) is 14.7 Å². The first-order chi connectivity index (χ1) is 18.2. The van der Waals surface area contributed by atoms with E-state index in [1.807, 2.05) is 35.8 Å². The van der Waals surface area contributed by atoms with Crippen LogP contribution in [0.1, 0.15) is 28.2 Å². The third-order valence-electron chi connectivity index (χ3n) is 5.74. The Kier molecular flexibility index (Phi) is 7.27. The molecule has 3 aromatic carbocycles. The first-order valence-corrected chi connectivity index (χ1v) is 12.9. The van der Waals surface area contributed by atoms with E-state index in [0.29, 0.717) is 38.7 Å². The third-order valence-corrected chi connectivity index (χ3v) is 6.97. The van der Waals surface area contributed by atoms with Crippen molar-refractivity contribution in [2.45, 2.75) is 5.92 Å². The van der Waals surface area contributed by atoms with Crippen molar-refractivity contribution in [2.75, 3.05) is 5.01 Å². The average Bonchev–Trinajstić information content (AvgIpc) is 3.34. The molecule has 2 heterocycles. The van der Waals surface area contributed by atoms with Crippen LogP contribution in [0, 0.1) is 3.57 Å². The monoisotopic (exact) mass is 660 g/mol. The number of anilines is 1. The summed E-state index contributed by atoms with van der Waals surface area (Å²) < 4.78 is 1.00. The van der Waals surface area contributed by atoms with E-state index in [0.717, 1.165) is 8.69 Å². The lowest BCUT2D eigenvalue weighted by Gasteiger charge is -2.28. The minimum absolute atomic E-state index is 0.0721. The second kappa shape index (κ2) is 10.6. The zero-order valence-corrected chi connectivity index (χ0v) is 23.0. The molecule has 5 rings (SSSR count). The fourth-order valence-electron chi connectivity index (χ4n) is 4.07. The van der Waals surface area contributed by atoms with Gasteiger partial charge in [-0.1, -0.05) is 41.9 Å². The summed E-state index contributed by atoms with van der Waals surface area (Å²) in [6.45, 7) is 0. The fraction of sp³-hybridized carbons (Fsp3) is 0.0417. The van der Waals surface area contributed by atoms with Crippen molar-refractivity contribution in [1.29, 1.82) is 0 Å². The van der Waals surface area contributed by atoms with Gasteiger partial charge in [0.05, 0.1) is 11.4 Å². The predicted molar refractivity (Wildman–Crippen MR) is 156 cm³/mol. The highest BCUT2D eigenvalue weighted by Crippen LogP contribution is 2.35. The molecule has 38 heavy (non-hydrogen) atoms. The number of guanidine groups is 1. The molecule has 3 aromatic rings. The van der Waals surface area contributed by atoms with Crippen LogP contribution in [0.25, 0.3) is 0 Å². The number of hydrogen-bond donors (Lipinski definition) is 5. The molecule has 1 unspecified atom stereocenters. The normalized spacial score (nSPS) is 14.6. The SMILES string of the molecule is NNC(=O)NC(=S)N1N=C2N=C(c3cccc(Cl)c3)c3cc(C(C(=O)O)c4ccc(I)cc4)ccc3N2N1. The first kappa shape index (κ1) is 26.0. The molecule has 0 aromatic heterocycles. The average molecular weight is 661 g/mol. The zero-order chi connectivity index (χ0) is 27.0. The summed E-state index contributed by atoms with van der Waals surface area (Å²) >= 11 is 13.7. The van der Waals surface area contributed by atoms with Crippen LogP contribution in [0.2, 0.25) is 5.02 Å². The van der Waals surface area contributed by atoms with Crippen molar-refractivity contribution < 1.29 is 14.7 Å². The standard InChI is InChI=1S/C24H18ClIN8O3S/c25-15-3-1-2-14(10-15)20-17-11-13(19(21(35)36)12-4-7-16(26)8-5-12)6-9-18(17)33-22(28-20)31-34(32-33)24(38)29-23(37)30-27/h1-11,19,32H,27H2,(H,35,36)(H2,29,30,37,38). The molecule has 14 heteroatoms. The van der Waals surface area contributed by atoms with E-state index in [2.05, 4.69) is 38.5 Å². The van der Waals surface area contributed by atoms with Gasteiger partial charge in [0.1, 0.15) is 5.92 Å². The number of carbonyl (C=O) groups is 2. The predicted octanol–water partition coefficient (Wildman–Crippen LogP) is 3.28. The topological polar surface area (TPSA) is 148 Å². The molecule has 2 amide bonds. The maximum atomic E-state index is 12.4. The number of carbonyl (C=O) groups excluding carboxylic acids is 1. The van der Waals surface area contributed by atoms with Gasteiger partial charge < -0.3 is 5.11 Å². The first-order valence-electron chi connectivity index (χ1n) is 11.0. The Morgan fingerprint density at radius 3 is 2.53 bits per heavy atom. The summed E-state index contributed by atoms with van der Waals surface area (Å²) in [6.07, 6.45) is 0. The number of thiocarbonyl (C=S) groups is 1. The van der Waals surface area contributed by atoms with Crippen molar-refractivity contribution in [3.05, 3.63) is 97.6 Å². The smallest absolute Gasteiger partial charge is 0.335 e. The van der Waals surface area contributed by atoms with E-state index in [4.69, 9.17) is 34.7 Å². The number of carboxylic acid groups (broad SMARTS) is 1. The van der Waals surface area contributed by atoms with Crippen LogP contribution in [-0.4, -0.2) is 39.0 Å². The molecule has 0 spiro atoms. The molecule has 0 radical (unpaired) electrons. The van der Waals surface area contributed by atoms with Crippen LogP contribution in [0.3, 0.4) is 0 Å². The number of amides is 2. The van der Waals surface area contributed by atoms with Gasteiger partial charge in [0, 0.05) is 19.7 Å². The highest BCUT2D eigenvalue weighted by molar-refractivity contribution is 14.1. The Bertz CT molecular complexity index is 1530. The summed E-state index contributed by atoms with van der Waals surface area (Å²) in [5, 5.41) is 20.1. The number of aliphatic carboxylic acids is 1. The summed E-state index contributed by atoms with van der Waals surface area (Å²) in [7, 11) is 0. The Morgan fingerprint density at radius 2 is 1.84 bits per heavy atom.